The topological polar surface area (TPSA) is 151 Å². The molecule has 4 N–H and O–H groups in total. The smallest absolute Gasteiger partial charge is 0.280 e. The van der Waals surface area contributed by atoms with Crippen molar-refractivity contribution >= 4 is 12.6 Å². The van der Waals surface area contributed by atoms with Crippen LogP contribution in [0.1, 0.15) is 22.3 Å². The predicted octanol–water partition coefficient (Wildman–Crippen LogP) is 1.22. The minimum Gasteiger partial charge on any atom is -0.362 e. The molecule has 1 amide bonds. The van der Waals surface area contributed by atoms with Gasteiger partial charge in [-0.3, -0.25) is 19.7 Å². The molecule has 0 aliphatic heterocycles. The van der Waals surface area contributed by atoms with Crippen molar-refractivity contribution in [2.24, 2.45) is 10.7 Å². The van der Waals surface area contributed by atoms with Gasteiger partial charge < -0.3 is 15.8 Å². The lowest BCUT2D eigenvalue weighted by atomic mass is 10.1. The molecular formula is C22H23N7O3. The number of ether oxygens (including phenoxy) is 1. The van der Waals surface area contributed by atoms with Crippen LogP contribution in [0.25, 0.3) is 16.9 Å². The van der Waals surface area contributed by atoms with Gasteiger partial charge in [-0.25, -0.2) is 9.67 Å². The number of nitrogens with one attached hydrogen (secondary N) is 2. The highest BCUT2D eigenvalue weighted by Crippen LogP contribution is 2.16. The third kappa shape index (κ3) is 5.54. The number of rotatable bonds is 10. The molecule has 0 saturated heterocycles. The predicted molar refractivity (Wildman–Crippen MR) is 120 cm³/mol. The van der Waals surface area contributed by atoms with Crippen molar-refractivity contribution < 1.29 is 9.53 Å². The highest BCUT2D eigenvalue weighted by Gasteiger charge is 2.12. The van der Waals surface area contributed by atoms with E-state index in [2.05, 4.69) is 27.1 Å². The first-order chi connectivity index (χ1) is 15.5. The molecule has 1 aromatic carbocycles. The number of nitrogens with two attached hydrogens (primary N) is 1. The van der Waals surface area contributed by atoms with Gasteiger partial charge in [-0.05, 0) is 43.0 Å². The molecule has 32 heavy (non-hydrogen) atoms. The van der Waals surface area contributed by atoms with E-state index < -0.39 is 6.23 Å². The van der Waals surface area contributed by atoms with Crippen molar-refractivity contribution in [3.63, 3.8) is 0 Å². The van der Waals surface area contributed by atoms with Crippen LogP contribution >= 0.6 is 0 Å². The summed E-state index contributed by atoms with van der Waals surface area (Å²) in [6.45, 7) is 4.48. The van der Waals surface area contributed by atoms with Crippen LogP contribution in [0.2, 0.25) is 0 Å². The van der Waals surface area contributed by atoms with Gasteiger partial charge in [-0.2, -0.15) is 5.26 Å². The second-order valence-electron chi connectivity index (χ2n) is 6.85. The maximum absolute atomic E-state index is 12.8. The van der Waals surface area contributed by atoms with Crippen LogP contribution in [-0.4, -0.2) is 53.3 Å². The lowest BCUT2D eigenvalue weighted by Crippen LogP contribution is -2.29. The van der Waals surface area contributed by atoms with Crippen LogP contribution in [0.3, 0.4) is 0 Å². The number of nitrogens with zero attached hydrogens (tertiary/aromatic N) is 4. The normalized spacial score (nSPS) is 11.5. The lowest BCUT2D eigenvalue weighted by Gasteiger charge is -2.10. The molecule has 1 atom stereocenters. The van der Waals surface area contributed by atoms with Crippen LogP contribution in [0.4, 0.5) is 0 Å². The number of amides is 1. The summed E-state index contributed by atoms with van der Waals surface area (Å²) >= 11 is 0. The fraction of sp³-hybridized carbons (Fsp3) is 0.227. The summed E-state index contributed by atoms with van der Waals surface area (Å²) in [6.07, 6.45) is 3.08. The van der Waals surface area contributed by atoms with Gasteiger partial charge in [-0.15, -0.1) is 0 Å². The number of aromatic nitrogens is 3. The van der Waals surface area contributed by atoms with Gasteiger partial charge in [0.1, 0.15) is 6.23 Å². The van der Waals surface area contributed by atoms with Crippen LogP contribution in [0.5, 0.6) is 0 Å². The van der Waals surface area contributed by atoms with Crippen LogP contribution in [0, 0.1) is 11.3 Å². The van der Waals surface area contributed by atoms with Crippen molar-refractivity contribution in [3.05, 3.63) is 70.3 Å². The van der Waals surface area contributed by atoms with E-state index in [0.717, 1.165) is 0 Å². The lowest BCUT2D eigenvalue weighted by molar-refractivity contribution is 0.0621. The maximum atomic E-state index is 12.8. The number of aliphatic imine (C=N–C) groups is 1. The summed E-state index contributed by atoms with van der Waals surface area (Å²) in [6, 6.07) is 11.9. The van der Waals surface area contributed by atoms with Gasteiger partial charge >= 0.3 is 0 Å². The molecule has 3 aromatic rings. The number of carbonyl (C=O) groups is 1. The number of aromatic amines is 1. The zero-order valence-electron chi connectivity index (χ0n) is 17.3. The minimum absolute atomic E-state index is 0.279. The Morgan fingerprint density at radius 1 is 1.34 bits per heavy atom. The Morgan fingerprint density at radius 3 is 2.78 bits per heavy atom. The summed E-state index contributed by atoms with van der Waals surface area (Å²) in [5, 5.41) is 14.6. The standard InChI is InChI=1S/C22H23N7O3/c1-25-14-19(24)32-10-2-9-26-21(30)17-7-8-20(27-12-17)29-22(31)18(13-28-29)16-5-3-15(11-23)4-6-16/h3-8,12-13,19,28H,1-2,9-10,14,24H2,(H,26,30). The Bertz CT molecular complexity index is 1160. The number of H-pyrrole nitrogens is 1. The first-order valence-electron chi connectivity index (χ1n) is 9.88. The van der Waals surface area contributed by atoms with E-state index in [-0.39, 0.29) is 11.5 Å². The molecule has 2 aromatic heterocycles. The van der Waals surface area contributed by atoms with Gasteiger partial charge in [0.15, 0.2) is 5.82 Å². The maximum Gasteiger partial charge on any atom is 0.280 e. The summed E-state index contributed by atoms with van der Waals surface area (Å²) in [5.41, 5.74) is 7.38. The Hall–Kier alpha value is -4.07. The zero-order valence-corrected chi connectivity index (χ0v) is 17.3. The molecule has 164 valence electrons. The van der Waals surface area contributed by atoms with E-state index in [9.17, 15) is 9.59 Å². The van der Waals surface area contributed by atoms with E-state index in [4.69, 9.17) is 15.7 Å². The Morgan fingerprint density at radius 2 is 2.12 bits per heavy atom. The summed E-state index contributed by atoms with van der Waals surface area (Å²) in [7, 11) is 0. The zero-order chi connectivity index (χ0) is 22.9. The molecule has 0 spiro atoms. The molecule has 3 rings (SSSR count). The Balaban J connectivity index is 1.59. The van der Waals surface area contributed by atoms with Crippen molar-refractivity contribution in [1.29, 1.82) is 5.26 Å². The molecule has 2 heterocycles. The molecule has 0 aliphatic carbocycles. The quantitative estimate of drug-likeness (QED) is 0.248. The third-order valence-corrected chi connectivity index (χ3v) is 4.58. The molecule has 10 nitrogen and oxygen atoms in total. The van der Waals surface area contributed by atoms with Gasteiger partial charge in [0.05, 0.1) is 35.9 Å². The Labute approximate surface area is 184 Å². The monoisotopic (exact) mass is 433 g/mol. The molecular weight excluding hydrogens is 410 g/mol. The van der Waals surface area contributed by atoms with Gasteiger partial charge in [0.2, 0.25) is 0 Å². The number of carbonyl (C=O) groups excluding carboxylic acids is 1. The number of nitriles is 1. The summed E-state index contributed by atoms with van der Waals surface area (Å²) < 4.78 is 6.61. The van der Waals surface area contributed by atoms with Crippen molar-refractivity contribution in [2.45, 2.75) is 12.6 Å². The molecule has 0 bridgehead atoms. The first-order valence-corrected chi connectivity index (χ1v) is 9.88. The van der Waals surface area contributed by atoms with E-state index in [1.165, 1.54) is 10.9 Å². The van der Waals surface area contributed by atoms with E-state index in [1.807, 2.05) is 6.07 Å². The third-order valence-electron chi connectivity index (χ3n) is 4.58. The molecule has 0 aliphatic rings. The van der Waals surface area contributed by atoms with Crippen LogP contribution in [0.15, 0.2) is 58.6 Å². The first kappa shape index (κ1) is 22.6. The number of hydrogen-bond acceptors (Lipinski definition) is 7. The molecule has 10 heteroatoms. The number of hydrogen-bond donors (Lipinski definition) is 3. The molecule has 0 fully saturated rings. The minimum atomic E-state index is -0.492. The number of pyridine rings is 1. The highest BCUT2D eigenvalue weighted by molar-refractivity contribution is 5.93. The average molecular weight is 433 g/mol. The van der Waals surface area contributed by atoms with E-state index >= 15 is 0 Å². The largest absolute Gasteiger partial charge is 0.362 e. The summed E-state index contributed by atoms with van der Waals surface area (Å²) in [4.78, 5) is 32.9. The Kier molecular flexibility index (Phi) is 7.64. The number of benzene rings is 1. The fourth-order valence-corrected chi connectivity index (χ4v) is 2.91. The molecule has 0 radical (unpaired) electrons. The van der Waals surface area contributed by atoms with Crippen molar-refractivity contribution in [2.75, 3.05) is 19.7 Å². The molecule has 1 unspecified atom stereocenters. The van der Waals surface area contributed by atoms with E-state index in [0.29, 0.717) is 54.2 Å². The van der Waals surface area contributed by atoms with Gasteiger partial charge in [0.25, 0.3) is 11.5 Å². The second-order valence-corrected chi connectivity index (χ2v) is 6.85. The fourth-order valence-electron chi connectivity index (χ4n) is 2.91. The van der Waals surface area contributed by atoms with Crippen LogP contribution < -0.4 is 16.6 Å². The van der Waals surface area contributed by atoms with Gasteiger partial charge in [0, 0.05) is 18.9 Å². The van der Waals surface area contributed by atoms with E-state index in [1.54, 1.807) is 42.6 Å². The highest BCUT2D eigenvalue weighted by atomic mass is 16.5. The van der Waals surface area contributed by atoms with Gasteiger partial charge in [-0.1, -0.05) is 12.1 Å². The summed E-state index contributed by atoms with van der Waals surface area (Å²) in [5.74, 6) is 0.0721. The second kappa shape index (κ2) is 10.8. The SMILES string of the molecule is C=NCC(N)OCCCNC(=O)c1ccc(-n2[nH]cc(-c3ccc(C#N)cc3)c2=O)nc1. The average Bonchev–Trinajstić information content (AvgIpc) is 3.20. The molecule has 0 saturated carbocycles. The van der Waals surface area contributed by atoms with Crippen molar-refractivity contribution in [3.8, 4) is 23.0 Å². The van der Waals surface area contributed by atoms with Crippen molar-refractivity contribution in [1.82, 2.24) is 20.1 Å². The van der Waals surface area contributed by atoms with Crippen LogP contribution in [-0.2, 0) is 4.74 Å².